The molecule has 0 fully saturated rings. The summed E-state index contributed by atoms with van der Waals surface area (Å²) in [6.45, 7) is 0. The molecule has 0 aromatic heterocycles. The van der Waals surface area contributed by atoms with E-state index in [0.717, 1.165) is 4.47 Å². The number of amides is 2. The van der Waals surface area contributed by atoms with Gasteiger partial charge >= 0.3 is 12.0 Å². The number of ether oxygens (including phenoxy) is 1. The van der Waals surface area contributed by atoms with E-state index in [1.807, 2.05) is 0 Å². The van der Waals surface area contributed by atoms with E-state index in [2.05, 4.69) is 26.5 Å². The third-order valence-corrected chi connectivity index (χ3v) is 3.47. The van der Waals surface area contributed by atoms with Gasteiger partial charge in [-0.2, -0.15) is 5.10 Å². The summed E-state index contributed by atoms with van der Waals surface area (Å²) in [5.74, 6) is -0.344. The van der Waals surface area contributed by atoms with Crippen LogP contribution in [0.3, 0.4) is 0 Å². The van der Waals surface area contributed by atoms with Crippen LogP contribution in [0, 0.1) is 0 Å². The molecule has 2 aromatic carbocycles. The van der Waals surface area contributed by atoms with Crippen molar-refractivity contribution in [2.75, 3.05) is 0 Å². The van der Waals surface area contributed by atoms with Gasteiger partial charge < -0.3 is 10.5 Å². The predicted octanol–water partition coefficient (Wildman–Crippen LogP) is 3.32. The maximum Gasteiger partial charge on any atom is 0.345 e. The molecule has 23 heavy (non-hydrogen) atoms. The number of urea groups is 1. The van der Waals surface area contributed by atoms with Crippen LogP contribution in [0.25, 0.3) is 0 Å². The number of carbonyl (C=O) groups excluding carboxylic acids is 2. The quantitative estimate of drug-likeness (QED) is 0.359. The van der Waals surface area contributed by atoms with Crippen molar-refractivity contribution in [3.05, 3.63) is 63.1 Å². The lowest BCUT2D eigenvalue weighted by Gasteiger charge is -2.08. The first-order valence-corrected chi connectivity index (χ1v) is 7.49. The smallest absolute Gasteiger partial charge is 0.345 e. The first-order valence-electron chi connectivity index (χ1n) is 6.32. The summed E-state index contributed by atoms with van der Waals surface area (Å²) in [6, 6.07) is 10.7. The Hall–Kier alpha value is -2.38. The van der Waals surface area contributed by atoms with E-state index in [9.17, 15) is 9.59 Å². The van der Waals surface area contributed by atoms with Gasteiger partial charge in [0.25, 0.3) is 0 Å². The number of nitrogens with two attached hydrogens (primary N) is 1. The number of carbonyl (C=O) groups is 2. The van der Waals surface area contributed by atoms with Crippen LogP contribution >= 0.6 is 27.5 Å². The lowest BCUT2D eigenvalue weighted by Crippen LogP contribution is -2.24. The van der Waals surface area contributed by atoms with E-state index in [-0.39, 0.29) is 11.3 Å². The van der Waals surface area contributed by atoms with Crippen LogP contribution in [0.15, 0.2) is 52.0 Å². The van der Waals surface area contributed by atoms with Crippen LogP contribution in [0.2, 0.25) is 5.02 Å². The second-order valence-electron chi connectivity index (χ2n) is 4.29. The number of hydrazone groups is 1. The van der Waals surface area contributed by atoms with E-state index in [4.69, 9.17) is 22.1 Å². The van der Waals surface area contributed by atoms with Gasteiger partial charge in [0.1, 0.15) is 5.75 Å². The highest BCUT2D eigenvalue weighted by Gasteiger charge is 2.14. The molecule has 0 aliphatic carbocycles. The standard InChI is InChI=1S/C15H11BrClN3O3/c16-10-5-6-13(9(7-10)8-19-20-15(18)22)23-14(21)11-3-1-2-4-12(11)17/h1-8H,(H3,18,20,22)/b19-8+. The van der Waals surface area contributed by atoms with Crippen molar-refractivity contribution >= 4 is 45.7 Å². The Labute approximate surface area is 145 Å². The summed E-state index contributed by atoms with van der Waals surface area (Å²) in [4.78, 5) is 22.8. The Morgan fingerprint density at radius 1 is 1.26 bits per heavy atom. The number of hydrogen-bond donors (Lipinski definition) is 2. The third kappa shape index (κ3) is 4.80. The molecule has 2 aromatic rings. The number of primary amides is 1. The molecule has 0 saturated carbocycles. The summed E-state index contributed by atoms with van der Waals surface area (Å²) in [5, 5.41) is 3.94. The molecule has 2 amide bonds. The number of hydrogen-bond acceptors (Lipinski definition) is 4. The fourth-order valence-electron chi connectivity index (χ4n) is 1.66. The lowest BCUT2D eigenvalue weighted by molar-refractivity contribution is 0.0734. The monoisotopic (exact) mass is 395 g/mol. The van der Waals surface area contributed by atoms with E-state index in [1.54, 1.807) is 42.5 Å². The first-order chi connectivity index (χ1) is 11.0. The average molecular weight is 397 g/mol. The maximum absolute atomic E-state index is 12.2. The summed E-state index contributed by atoms with van der Waals surface area (Å²) in [6.07, 6.45) is 1.31. The average Bonchev–Trinajstić information content (AvgIpc) is 2.50. The van der Waals surface area contributed by atoms with Crippen molar-refractivity contribution in [3.8, 4) is 5.75 Å². The zero-order valence-corrected chi connectivity index (χ0v) is 14.0. The Morgan fingerprint density at radius 2 is 2.00 bits per heavy atom. The van der Waals surface area contributed by atoms with Gasteiger partial charge in [0.05, 0.1) is 16.8 Å². The highest BCUT2D eigenvalue weighted by atomic mass is 79.9. The zero-order valence-electron chi connectivity index (χ0n) is 11.6. The summed E-state index contributed by atoms with van der Waals surface area (Å²) in [7, 11) is 0. The second-order valence-corrected chi connectivity index (χ2v) is 5.61. The molecule has 0 radical (unpaired) electrons. The van der Waals surface area contributed by atoms with Crippen LogP contribution in [0.4, 0.5) is 4.79 Å². The highest BCUT2D eigenvalue weighted by molar-refractivity contribution is 9.10. The minimum absolute atomic E-state index is 0.246. The molecule has 0 aliphatic heterocycles. The minimum atomic E-state index is -0.800. The minimum Gasteiger partial charge on any atom is -0.422 e. The van der Waals surface area contributed by atoms with Crippen molar-refractivity contribution in [1.82, 2.24) is 5.43 Å². The first kappa shape index (κ1) is 17.0. The third-order valence-electron chi connectivity index (χ3n) is 2.65. The number of nitrogens with zero attached hydrogens (tertiary/aromatic N) is 1. The molecule has 6 nitrogen and oxygen atoms in total. The number of rotatable bonds is 4. The molecule has 2 rings (SSSR count). The normalized spacial score (nSPS) is 10.5. The molecular formula is C15H11BrClN3O3. The van der Waals surface area contributed by atoms with Gasteiger partial charge in [-0.25, -0.2) is 15.0 Å². The number of halogens is 2. The molecule has 0 saturated heterocycles. The number of nitrogens with one attached hydrogen (secondary N) is 1. The van der Waals surface area contributed by atoms with E-state index >= 15 is 0 Å². The Morgan fingerprint density at radius 3 is 2.70 bits per heavy atom. The van der Waals surface area contributed by atoms with Gasteiger partial charge in [-0.05, 0) is 30.3 Å². The molecular weight excluding hydrogens is 386 g/mol. The fourth-order valence-corrected chi connectivity index (χ4v) is 2.25. The summed E-state index contributed by atoms with van der Waals surface area (Å²) >= 11 is 9.28. The second kappa shape index (κ2) is 7.75. The van der Waals surface area contributed by atoms with E-state index in [1.165, 1.54) is 6.21 Å². The highest BCUT2D eigenvalue weighted by Crippen LogP contribution is 2.24. The van der Waals surface area contributed by atoms with Crippen molar-refractivity contribution in [2.45, 2.75) is 0 Å². The SMILES string of the molecule is NC(=O)N/N=C/c1cc(Br)ccc1OC(=O)c1ccccc1Cl. The van der Waals surface area contributed by atoms with E-state index in [0.29, 0.717) is 10.6 Å². The molecule has 0 atom stereocenters. The zero-order chi connectivity index (χ0) is 16.8. The molecule has 0 spiro atoms. The molecule has 0 bridgehead atoms. The maximum atomic E-state index is 12.2. The van der Waals surface area contributed by atoms with Crippen molar-refractivity contribution < 1.29 is 14.3 Å². The van der Waals surface area contributed by atoms with Gasteiger partial charge in [0.15, 0.2) is 0 Å². The molecule has 118 valence electrons. The van der Waals surface area contributed by atoms with Crippen LogP contribution in [0.5, 0.6) is 5.75 Å². The van der Waals surface area contributed by atoms with Crippen molar-refractivity contribution in [3.63, 3.8) is 0 Å². The predicted molar refractivity (Wildman–Crippen MR) is 90.9 cm³/mol. The van der Waals surface area contributed by atoms with Crippen LogP contribution in [-0.2, 0) is 0 Å². The number of benzene rings is 2. The van der Waals surface area contributed by atoms with Gasteiger partial charge in [0.2, 0.25) is 0 Å². The molecule has 0 heterocycles. The van der Waals surface area contributed by atoms with Crippen LogP contribution in [0.1, 0.15) is 15.9 Å². The topological polar surface area (TPSA) is 93.8 Å². The molecule has 0 unspecified atom stereocenters. The van der Waals surface area contributed by atoms with Gasteiger partial charge in [-0.3, -0.25) is 0 Å². The van der Waals surface area contributed by atoms with Crippen LogP contribution < -0.4 is 15.9 Å². The van der Waals surface area contributed by atoms with E-state index < -0.39 is 12.0 Å². The fraction of sp³-hybridized carbons (Fsp3) is 0. The number of esters is 1. The van der Waals surface area contributed by atoms with Gasteiger partial charge in [-0.1, -0.05) is 39.7 Å². The molecule has 3 N–H and O–H groups in total. The van der Waals surface area contributed by atoms with Gasteiger partial charge in [-0.15, -0.1) is 0 Å². The Kier molecular flexibility index (Phi) is 5.72. The van der Waals surface area contributed by atoms with Crippen LogP contribution in [-0.4, -0.2) is 18.2 Å². The lowest BCUT2D eigenvalue weighted by atomic mass is 10.2. The molecule has 8 heteroatoms. The Balaban J connectivity index is 2.25. The van der Waals surface area contributed by atoms with Gasteiger partial charge in [0, 0.05) is 10.0 Å². The summed E-state index contributed by atoms with van der Waals surface area (Å²) in [5.41, 5.74) is 7.70. The summed E-state index contributed by atoms with van der Waals surface area (Å²) < 4.78 is 6.09. The largest absolute Gasteiger partial charge is 0.422 e. The van der Waals surface area contributed by atoms with Crippen molar-refractivity contribution in [2.24, 2.45) is 10.8 Å². The van der Waals surface area contributed by atoms with Crippen molar-refractivity contribution in [1.29, 1.82) is 0 Å². The Bertz CT molecular complexity index is 780. The molecule has 0 aliphatic rings.